The largest absolute Gasteiger partial charge is 0.446 e. The fourth-order valence-electron chi connectivity index (χ4n) is 1.53. The Morgan fingerprint density at radius 2 is 2.35 bits per heavy atom. The van der Waals surface area contributed by atoms with Gasteiger partial charge in [0.25, 0.3) is 8.61 Å². The number of anilines is 1. The van der Waals surface area contributed by atoms with Crippen molar-refractivity contribution in [3.63, 3.8) is 0 Å². The Morgan fingerprint density at radius 3 is 3.00 bits per heavy atom. The van der Waals surface area contributed by atoms with Gasteiger partial charge in [-0.1, -0.05) is 11.9 Å². The van der Waals surface area contributed by atoms with Gasteiger partial charge in [0, 0.05) is 6.42 Å². The summed E-state index contributed by atoms with van der Waals surface area (Å²) in [5.74, 6) is 1.19. The molecule has 17 heavy (non-hydrogen) atoms. The first-order valence-corrected chi connectivity index (χ1v) is 6.04. The molecule has 3 N–H and O–H groups in total. The van der Waals surface area contributed by atoms with E-state index in [9.17, 15) is 4.57 Å². The van der Waals surface area contributed by atoms with E-state index in [0.29, 0.717) is 28.8 Å². The molecule has 0 amide bonds. The van der Waals surface area contributed by atoms with Crippen LogP contribution < -0.4 is 14.8 Å². The van der Waals surface area contributed by atoms with Gasteiger partial charge < -0.3 is 4.74 Å². The predicted octanol–water partition coefficient (Wildman–Crippen LogP) is 1.35. The topological polar surface area (TPSA) is 94.0 Å². The molecule has 8 heteroatoms. The zero-order chi connectivity index (χ0) is 12.3. The van der Waals surface area contributed by atoms with Crippen LogP contribution in [0, 0.1) is 0 Å². The van der Waals surface area contributed by atoms with Gasteiger partial charge in [0.2, 0.25) is 11.3 Å². The van der Waals surface area contributed by atoms with Gasteiger partial charge in [-0.3, -0.25) is 5.09 Å². The summed E-state index contributed by atoms with van der Waals surface area (Å²) in [4.78, 5) is 14.6. The normalized spacial score (nSPS) is 10.9. The van der Waals surface area contributed by atoms with Crippen molar-refractivity contribution in [1.82, 2.24) is 15.0 Å². The Morgan fingerprint density at radius 1 is 1.53 bits per heavy atom. The lowest BCUT2D eigenvalue weighted by atomic mass is 10.3. The van der Waals surface area contributed by atoms with Gasteiger partial charge in [-0.2, -0.15) is 4.98 Å². The lowest BCUT2D eigenvalue weighted by Gasteiger charge is -1.97. The Kier molecular flexibility index (Phi) is 3.49. The Hall–Kier alpha value is -1.75. The van der Waals surface area contributed by atoms with Crippen molar-refractivity contribution in [2.75, 3.05) is 12.2 Å². The molecule has 0 atom stereocenters. The molecule has 90 valence electrons. The zero-order valence-corrected chi connectivity index (χ0v) is 10.5. The predicted molar refractivity (Wildman–Crippen MR) is 62.2 cm³/mol. The van der Waals surface area contributed by atoms with Gasteiger partial charge in [0.15, 0.2) is 5.82 Å². The number of fused-ring (bicyclic) bond motifs is 1. The van der Waals surface area contributed by atoms with E-state index in [4.69, 9.17) is 4.74 Å². The summed E-state index contributed by atoms with van der Waals surface area (Å²) in [5.41, 5.74) is 1.27. The molecule has 0 saturated carbocycles. The highest BCUT2D eigenvalue weighted by molar-refractivity contribution is 7.25. The van der Waals surface area contributed by atoms with E-state index in [1.165, 1.54) is 0 Å². The van der Waals surface area contributed by atoms with Crippen molar-refractivity contribution in [3.05, 3.63) is 5.82 Å². The quantitative estimate of drug-likeness (QED) is 0.785. The van der Waals surface area contributed by atoms with Crippen LogP contribution in [0.1, 0.15) is 19.2 Å². The standard InChI is InChI=1S/C9H12N5O2P/c1-3-4-5-10-7-6(8(11-5)14-17-15)12-9(13-7)16-2/h3-4H2,1-2H3,(H2,10,11,12,13,14,15)/p+1. The molecule has 0 aliphatic heterocycles. The molecule has 0 fully saturated rings. The summed E-state index contributed by atoms with van der Waals surface area (Å²) in [6.07, 6.45) is 1.71. The number of nitrogens with zero attached hydrogens (tertiary/aromatic N) is 2. The fraction of sp³-hybridized carbons (Fsp3) is 0.444. The maximum absolute atomic E-state index is 10.6. The minimum atomic E-state index is -0.205. The second kappa shape index (κ2) is 5.05. The molecule has 7 nitrogen and oxygen atoms in total. The maximum atomic E-state index is 10.6. The smallest absolute Gasteiger partial charge is 0.395 e. The number of rotatable bonds is 5. The van der Waals surface area contributed by atoms with E-state index in [2.05, 4.69) is 25.0 Å². The van der Waals surface area contributed by atoms with Crippen molar-refractivity contribution in [1.29, 1.82) is 0 Å². The monoisotopic (exact) mass is 254 g/mol. The first-order valence-electron chi connectivity index (χ1n) is 5.22. The van der Waals surface area contributed by atoms with Crippen LogP contribution in [0.2, 0.25) is 0 Å². The average molecular weight is 254 g/mol. The fourth-order valence-corrected chi connectivity index (χ4v) is 1.78. The summed E-state index contributed by atoms with van der Waals surface area (Å²) in [6, 6.07) is 0.480. The SMILES string of the molecule is CCCc1nc(NP=O)c2[nH]c(OC)[nH+]c2n1. The van der Waals surface area contributed by atoms with Crippen LogP contribution >= 0.6 is 8.61 Å². The van der Waals surface area contributed by atoms with Crippen molar-refractivity contribution >= 4 is 25.6 Å². The molecule has 0 aromatic carbocycles. The van der Waals surface area contributed by atoms with E-state index in [1.807, 2.05) is 6.92 Å². The molecule has 0 saturated heterocycles. The number of aromatic amines is 2. The number of hydrogen-bond acceptors (Lipinski definition) is 4. The number of imidazole rings is 1. The van der Waals surface area contributed by atoms with Gasteiger partial charge in [0.05, 0.1) is 7.11 Å². The molecule has 0 aliphatic rings. The number of aryl methyl sites for hydroxylation is 1. The number of methoxy groups -OCH3 is 1. The van der Waals surface area contributed by atoms with E-state index >= 15 is 0 Å². The van der Waals surface area contributed by atoms with Gasteiger partial charge in [-0.25, -0.2) is 14.5 Å². The van der Waals surface area contributed by atoms with E-state index < -0.39 is 0 Å². The Bertz CT molecular complexity index is 541. The minimum Gasteiger partial charge on any atom is -0.446 e. The molecular weight excluding hydrogens is 241 g/mol. The highest BCUT2D eigenvalue weighted by atomic mass is 31.1. The molecule has 0 unspecified atom stereocenters. The highest BCUT2D eigenvalue weighted by Gasteiger charge is 2.18. The molecule has 2 aromatic rings. The molecule has 2 rings (SSSR count). The summed E-state index contributed by atoms with van der Waals surface area (Å²) >= 11 is 0. The molecule has 0 spiro atoms. The zero-order valence-electron chi connectivity index (χ0n) is 9.57. The summed E-state index contributed by atoms with van der Waals surface area (Å²) in [7, 11) is 1.34. The third-order valence-electron chi connectivity index (χ3n) is 2.26. The second-order valence-corrected chi connectivity index (χ2v) is 3.85. The van der Waals surface area contributed by atoms with E-state index in [0.717, 1.165) is 12.8 Å². The summed E-state index contributed by atoms with van der Waals surface area (Å²) in [6.45, 7) is 2.05. The van der Waals surface area contributed by atoms with Crippen molar-refractivity contribution in [2.24, 2.45) is 0 Å². The molecule has 0 radical (unpaired) electrons. The first kappa shape index (κ1) is 11.7. The number of aromatic nitrogens is 4. The third-order valence-corrected chi connectivity index (χ3v) is 2.56. The lowest BCUT2D eigenvalue weighted by Crippen LogP contribution is -2.06. The van der Waals surface area contributed by atoms with Crippen molar-refractivity contribution < 1.29 is 14.3 Å². The molecule has 2 aromatic heterocycles. The van der Waals surface area contributed by atoms with Crippen LogP contribution in [0.5, 0.6) is 6.01 Å². The third kappa shape index (κ3) is 2.34. The number of ether oxygens (including phenoxy) is 1. The first-order chi connectivity index (χ1) is 8.28. The number of hydrogen-bond donors (Lipinski definition) is 2. The molecule has 0 aliphatic carbocycles. The minimum absolute atomic E-state index is 0.205. The summed E-state index contributed by atoms with van der Waals surface area (Å²) < 4.78 is 15.7. The van der Waals surface area contributed by atoms with Crippen LogP contribution in [0.3, 0.4) is 0 Å². The number of H-pyrrole nitrogens is 2. The van der Waals surface area contributed by atoms with Crippen LogP contribution in [0.15, 0.2) is 0 Å². The van der Waals surface area contributed by atoms with Gasteiger partial charge in [-0.15, -0.1) is 0 Å². The maximum Gasteiger partial charge on any atom is 0.395 e. The summed E-state index contributed by atoms with van der Waals surface area (Å²) in [5, 5.41) is 2.65. The number of nitrogens with one attached hydrogen (secondary N) is 3. The molecule has 2 heterocycles. The van der Waals surface area contributed by atoms with E-state index in [-0.39, 0.29) is 8.61 Å². The highest BCUT2D eigenvalue weighted by Crippen LogP contribution is 2.20. The van der Waals surface area contributed by atoms with Crippen molar-refractivity contribution in [3.8, 4) is 6.01 Å². The lowest BCUT2D eigenvalue weighted by molar-refractivity contribution is -0.364. The molecular formula is C9H13N5O2P+. The average Bonchev–Trinajstić information content (AvgIpc) is 2.73. The van der Waals surface area contributed by atoms with Crippen LogP contribution in [0.4, 0.5) is 5.82 Å². The van der Waals surface area contributed by atoms with Crippen molar-refractivity contribution in [2.45, 2.75) is 19.8 Å². The Labute approximate surface area is 99.3 Å². The van der Waals surface area contributed by atoms with Gasteiger partial charge in [0.1, 0.15) is 0 Å². The van der Waals surface area contributed by atoms with Crippen LogP contribution in [-0.4, -0.2) is 22.1 Å². The van der Waals surface area contributed by atoms with Gasteiger partial charge >= 0.3 is 11.7 Å². The molecule has 0 bridgehead atoms. The van der Waals surface area contributed by atoms with E-state index in [1.54, 1.807) is 7.11 Å². The second-order valence-electron chi connectivity index (χ2n) is 3.45. The van der Waals surface area contributed by atoms with Gasteiger partial charge in [-0.05, 0) is 6.42 Å². The Balaban J connectivity index is 2.56. The van der Waals surface area contributed by atoms with Crippen LogP contribution in [-0.2, 0) is 11.0 Å². The van der Waals surface area contributed by atoms with Crippen LogP contribution in [0.25, 0.3) is 11.2 Å².